The predicted octanol–water partition coefficient (Wildman–Crippen LogP) is 4.40. The lowest BCUT2D eigenvalue weighted by molar-refractivity contribution is -0.132. The average molecular weight is 443 g/mol. The maximum absolute atomic E-state index is 12.8. The van der Waals surface area contributed by atoms with Crippen LogP contribution in [0.5, 0.6) is 11.5 Å². The van der Waals surface area contributed by atoms with Crippen LogP contribution in [0.25, 0.3) is 10.9 Å². The van der Waals surface area contributed by atoms with Crippen molar-refractivity contribution >= 4 is 32.7 Å². The van der Waals surface area contributed by atoms with E-state index in [0.717, 1.165) is 34.3 Å². The summed E-state index contributed by atoms with van der Waals surface area (Å²) in [5, 5.41) is 1.17. The molecule has 5 nitrogen and oxygen atoms in total. The van der Waals surface area contributed by atoms with Gasteiger partial charge in [0.05, 0.1) is 14.2 Å². The summed E-state index contributed by atoms with van der Waals surface area (Å²) in [5.74, 6) is 1.63. The molecule has 0 fully saturated rings. The first-order valence-corrected chi connectivity index (χ1v) is 10.1. The maximum Gasteiger partial charge on any atom is 0.224 e. The van der Waals surface area contributed by atoms with Gasteiger partial charge in [0.2, 0.25) is 5.91 Å². The van der Waals surface area contributed by atoms with Crippen LogP contribution in [0, 0.1) is 0 Å². The van der Waals surface area contributed by atoms with Crippen molar-refractivity contribution in [2.45, 2.75) is 25.9 Å². The van der Waals surface area contributed by atoms with Crippen molar-refractivity contribution < 1.29 is 14.3 Å². The van der Waals surface area contributed by atoms with Gasteiger partial charge in [-0.1, -0.05) is 22.0 Å². The number of halogens is 1. The van der Waals surface area contributed by atoms with E-state index in [9.17, 15) is 4.79 Å². The minimum absolute atomic E-state index is 0.178. The zero-order chi connectivity index (χ0) is 19.7. The Bertz CT molecular complexity index is 1030. The fourth-order valence-corrected chi connectivity index (χ4v) is 4.34. The van der Waals surface area contributed by atoms with Crippen molar-refractivity contribution in [1.82, 2.24) is 9.47 Å². The molecule has 0 bridgehead atoms. The number of aryl methyl sites for hydroxylation is 1. The van der Waals surface area contributed by atoms with Crippen molar-refractivity contribution in [2.75, 3.05) is 20.8 Å². The minimum atomic E-state index is 0.178. The smallest absolute Gasteiger partial charge is 0.224 e. The van der Waals surface area contributed by atoms with Gasteiger partial charge < -0.3 is 18.9 Å². The molecule has 1 aromatic heterocycles. The standard InChI is InChI=1S/C22H23BrN2O3/c1-27-20-12-15-6-9-25(14-16(15)13-21(20)28-2)22(26)8-11-24-10-7-17-18(23)4-3-5-19(17)24/h3-5,7,10,12-13H,6,8-9,11,14H2,1-2H3. The number of hydrogen-bond acceptors (Lipinski definition) is 3. The van der Waals surface area contributed by atoms with Gasteiger partial charge in [-0.05, 0) is 47.9 Å². The molecule has 28 heavy (non-hydrogen) atoms. The van der Waals surface area contributed by atoms with Gasteiger partial charge >= 0.3 is 0 Å². The number of carbonyl (C=O) groups excluding carboxylic acids is 1. The monoisotopic (exact) mass is 442 g/mol. The van der Waals surface area contributed by atoms with Crippen molar-refractivity contribution in [3.63, 3.8) is 0 Å². The first-order valence-electron chi connectivity index (χ1n) is 9.35. The van der Waals surface area contributed by atoms with Crippen LogP contribution in [0.15, 0.2) is 47.1 Å². The summed E-state index contributed by atoms with van der Waals surface area (Å²) >= 11 is 3.58. The molecule has 0 saturated heterocycles. The Morgan fingerprint density at radius 1 is 1.11 bits per heavy atom. The van der Waals surface area contributed by atoms with Gasteiger partial charge in [0.25, 0.3) is 0 Å². The second-order valence-corrected chi connectivity index (χ2v) is 7.83. The number of hydrogen-bond donors (Lipinski definition) is 0. The van der Waals surface area contributed by atoms with E-state index in [2.05, 4.69) is 32.6 Å². The van der Waals surface area contributed by atoms with Crippen LogP contribution < -0.4 is 9.47 Å². The molecule has 146 valence electrons. The molecule has 2 heterocycles. The van der Waals surface area contributed by atoms with E-state index >= 15 is 0 Å². The third-order valence-corrected chi connectivity index (χ3v) is 6.09. The molecule has 0 N–H and O–H groups in total. The quantitative estimate of drug-likeness (QED) is 0.588. The molecule has 6 heteroatoms. The van der Waals surface area contributed by atoms with Gasteiger partial charge in [-0.25, -0.2) is 0 Å². The Morgan fingerprint density at radius 3 is 2.61 bits per heavy atom. The topological polar surface area (TPSA) is 43.7 Å². The lowest BCUT2D eigenvalue weighted by Gasteiger charge is -2.30. The highest BCUT2D eigenvalue weighted by Crippen LogP contribution is 2.33. The zero-order valence-corrected chi connectivity index (χ0v) is 17.7. The van der Waals surface area contributed by atoms with Crippen LogP contribution in [-0.4, -0.2) is 36.1 Å². The summed E-state index contributed by atoms with van der Waals surface area (Å²) in [6.07, 6.45) is 3.37. The van der Waals surface area contributed by atoms with E-state index in [1.807, 2.05) is 35.4 Å². The number of benzene rings is 2. The normalized spacial score (nSPS) is 13.5. The number of rotatable bonds is 5. The molecular formula is C22H23BrN2O3. The Balaban J connectivity index is 1.45. The maximum atomic E-state index is 12.8. The molecule has 1 aliphatic heterocycles. The first-order chi connectivity index (χ1) is 13.6. The Labute approximate surface area is 173 Å². The summed E-state index contributed by atoms with van der Waals surface area (Å²) < 4.78 is 14.0. The second-order valence-electron chi connectivity index (χ2n) is 6.97. The first kappa shape index (κ1) is 18.9. The predicted molar refractivity (Wildman–Crippen MR) is 113 cm³/mol. The summed E-state index contributed by atoms with van der Waals surface area (Å²) in [7, 11) is 3.28. The number of fused-ring (bicyclic) bond motifs is 2. The van der Waals surface area contributed by atoms with Crippen molar-refractivity contribution in [3.8, 4) is 11.5 Å². The number of carbonyl (C=O) groups is 1. The third kappa shape index (κ3) is 3.49. The van der Waals surface area contributed by atoms with Crippen LogP contribution in [0.1, 0.15) is 17.5 Å². The molecule has 0 spiro atoms. The fourth-order valence-electron chi connectivity index (χ4n) is 3.85. The van der Waals surface area contributed by atoms with Gasteiger partial charge in [0.15, 0.2) is 11.5 Å². The largest absolute Gasteiger partial charge is 0.493 e. The number of methoxy groups -OCH3 is 2. The zero-order valence-electron chi connectivity index (χ0n) is 16.1. The minimum Gasteiger partial charge on any atom is -0.493 e. The summed E-state index contributed by atoms with van der Waals surface area (Å²) in [5.41, 5.74) is 3.50. The van der Waals surface area contributed by atoms with Crippen LogP contribution in [0.4, 0.5) is 0 Å². The molecular weight excluding hydrogens is 420 g/mol. The van der Waals surface area contributed by atoms with Crippen molar-refractivity contribution in [2.24, 2.45) is 0 Å². The van der Waals surface area contributed by atoms with E-state index < -0.39 is 0 Å². The molecule has 0 aliphatic carbocycles. The average Bonchev–Trinajstić information content (AvgIpc) is 3.15. The van der Waals surface area contributed by atoms with Crippen LogP contribution >= 0.6 is 15.9 Å². The highest BCUT2D eigenvalue weighted by Gasteiger charge is 2.22. The fraction of sp³-hybridized carbons (Fsp3) is 0.318. The van der Waals surface area contributed by atoms with Gasteiger partial charge in [-0.2, -0.15) is 0 Å². The molecule has 3 aromatic rings. The van der Waals surface area contributed by atoms with Gasteiger partial charge in [-0.3, -0.25) is 4.79 Å². The second kappa shape index (κ2) is 7.87. The van der Waals surface area contributed by atoms with E-state index in [4.69, 9.17) is 9.47 Å². The van der Waals surface area contributed by atoms with Gasteiger partial charge in [0, 0.05) is 47.6 Å². The van der Waals surface area contributed by atoms with E-state index in [-0.39, 0.29) is 5.91 Å². The van der Waals surface area contributed by atoms with E-state index in [0.29, 0.717) is 25.3 Å². The number of aromatic nitrogens is 1. The molecule has 1 aliphatic rings. The lowest BCUT2D eigenvalue weighted by atomic mass is 9.98. The molecule has 0 saturated carbocycles. The van der Waals surface area contributed by atoms with Gasteiger partial charge in [-0.15, -0.1) is 0 Å². The lowest BCUT2D eigenvalue weighted by Crippen LogP contribution is -2.36. The third-order valence-electron chi connectivity index (χ3n) is 5.40. The SMILES string of the molecule is COc1cc2c(cc1OC)CN(C(=O)CCn1ccc3c(Br)cccc31)CC2. The van der Waals surface area contributed by atoms with Crippen LogP contribution in [-0.2, 0) is 24.3 Å². The van der Waals surface area contributed by atoms with Gasteiger partial charge in [0.1, 0.15) is 0 Å². The summed E-state index contributed by atoms with van der Waals surface area (Å²) in [6.45, 7) is 2.03. The Morgan fingerprint density at radius 2 is 1.86 bits per heavy atom. The summed E-state index contributed by atoms with van der Waals surface area (Å²) in [4.78, 5) is 14.8. The van der Waals surface area contributed by atoms with Crippen LogP contribution in [0.3, 0.4) is 0 Å². The van der Waals surface area contributed by atoms with Crippen molar-refractivity contribution in [1.29, 1.82) is 0 Å². The molecule has 0 unspecified atom stereocenters. The summed E-state index contributed by atoms with van der Waals surface area (Å²) in [6, 6.07) is 12.2. The molecule has 4 rings (SSSR count). The van der Waals surface area contributed by atoms with E-state index in [1.54, 1.807) is 14.2 Å². The Kier molecular flexibility index (Phi) is 5.31. The van der Waals surface area contributed by atoms with Crippen LogP contribution in [0.2, 0.25) is 0 Å². The number of ether oxygens (including phenoxy) is 2. The number of amides is 1. The van der Waals surface area contributed by atoms with E-state index in [1.165, 1.54) is 10.9 Å². The van der Waals surface area contributed by atoms with Crippen molar-refractivity contribution in [3.05, 3.63) is 58.2 Å². The highest BCUT2D eigenvalue weighted by molar-refractivity contribution is 9.10. The Hall–Kier alpha value is -2.47. The highest BCUT2D eigenvalue weighted by atomic mass is 79.9. The molecule has 2 aromatic carbocycles. The molecule has 1 amide bonds. The molecule has 0 radical (unpaired) electrons. The molecule has 0 atom stereocenters. The number of nitrogens with zero attached hydrogens (tertiary/aromatic N) is 2.